The summed E-state index contributed by atoms with van der Waals surface area (Å²) in [6.45, 7) is 0. The molecule has 0 spiro atoms. The minimum Gasteiger partial charge on any atom is -0.478 e. The summed E-state index contributed by atoms with van der Waals surface area (Å²) in [5, 5.41) is 8.71. The second-order valence-corrected chi connectivity index (χ2v) is 3.41. The van der Waals surface area contributed by atoms with Crippen molar-refractivity contribution in [2.75, 3.05) is 5.75 Å². The average molecular weight is 166 g/mol. The molecule has 0 fully saturated rings. The summed E-state index contributed by atoms with van der Waals surface area (Å²) in [6.07, 6.45) is 5.49. The fraction of sp³-hybridized carbons (Fsp3) is 0.125. The maximum atomic E-state index is 10.6. The van der Waals surface area contributed by atoms with Gasteiger partial charge in [0.05, 0.1) is 5.57 Å². The summed E-state index contributed by atoms with van der Waals surface area (Å²) in [5.41, 5.74) is 1.34. The SMILES string of the molecule is O=C(O)C1=CC=C2SCC=C21. The van der Waals surface area contributed by atoms with Crippen LogP contribution in [0, 0.1) is 0 Å². The van der Waals surface area contributed by atoms with E-state index in [1.807, 2.05) is 12.2 Å². The summed E-state index contributed by atoms with van der Waals surface area (Å²) in [5.74, 6) is 0.0798. The number of aliphatic carboxylic acids is 1. The van der Waals surface area contributed by atoms with Crippen molar-refractivity contribution in [2.24, 2.45) is 0 Å². The molecule has 2 nitrogen and oxygen atoms in total. The number of carboxylic acids is 1. The number of hydrogen-bond acceptors (Lipinski definition) is 2. The fourth-order valence-corrected chi connectivity index (χ4v) is 2.15. The minimum atomic E-state index is -0.829. The highest BCUT2D eigenvalue weighted by Crippen LogP contribution is 2.39. The van der Waals surface area contributed by atoms with E-state index in [2.05, 4.69) is 0 Å². The van der Waals surface area contributed by atoms with Crippen molar-refractivity contribution >= 4 is 17.7 Å². The zero-order valence-electron chi connectivity index (χ0n) is 5.70. The molecule has 3 heteroatoms. The number of thioether (sulfide) groups is 1. The Morgan fingerprint density at radius 3 is 3.09 bits per heavy atom. The first-order valence-electron chi connectivity index (χ1n) is 3.28. The maximum Gasteiger partial charge on any atom is 0.336 e. The van der Waals surface area contributed by atoms with Gasteiger partial charge in [0, 0.05) is 10.7 Å². The molecule has 1 N–H and O–H groups in total. The fourth-order valence-electron chi connectivity index (χ4n) is 1.21. The van der Waals surface area contributed by atoms with Crippen molar-refractivity contribution in [2.45, 2.75) is 0 Å². The highest BCUT2D eigenvalue weighted by atomic mass is 32.2. The summed E-state index contributed by atoms with van der Waals surface area (Å²) >= 11 is 1.69. The number of allylic oxidation sites excluding steroid dienone is 3. The Labute approximate surface area is 68.3 Å². The summed E-state index contributed by atoms with van der Waals surface area (Å²) in [7, 11) is 0. The van der Waals surface area contributed by atoms with Crippen LogP contribution in [0.4, 0.5) is 0 Å². The van der Waals surface area contributed by atoms with Crippen molar-refractivity contribution < 1.29 is 9.90 Å². The lowest BCUT2D eigenvalue weighted by Gasteiger charge is -1.96. The largest absolute Gasteiger partial charge is 0.478 e. The number of carbonyl (C=O) groups is 1. The smallest absolute Gasteiger partial charge is 0.336 e. The first kappa shape index (κ1) is 6.73. The molecule has 1 heterocycles. The minimum absolute atomic E-state index is 0.435. The third-order valence-electron chi connectivity index (χ3n) is 1.71. The summed E-state index contributed by atoms with van der Waals surface area (Å²) < 4.78 is 0. The second-order valence-electron chi connectivity index (χ2n) is 2.35. The van der Waals surface area contributed by atoms with Crippen LogP contribution in [0.15, 0.2) is 34.3 Å². The average Bonchev–Trinajstić information content (AvgIpc) is 2.41. The molecule has 0 saturated heterocycles. The molecule has 0 aromatic carbocycles. The number of hydrogen-bond donors (Lipinski definition) is 1. The van der Waals surface area contributed by atoms with Gasteiger partial charge < -0.3 is 5.11 Å². The standard InChI is InChI=1S/C8H6O2S/c9-8(10)6-1-2-7-5(6)3-4-11-7/h1-3H,4H2,(H,9,10). The van der Waals surface area contributed by atoms with Crippen LogP contribution >= 0.6 is 11.8 Å². The lowest BCUT2D eigenvalue weighted by atomic mass is 10.1. The summed E-state index contributed by atoms with van der Waals surface area (Å²) in [6, 6.07) is 0. The van der Waals surface area contributed by atoms with Crippen molar-refractivity contribution in [1.82, 2.24) is 0 Å². The van der Waals surface area contributed by atoms with Crippen LogP contribution in [0.1, 0.15) is 0 Å². The third-order valence-corrected chi connectivity index (χ3v) is 2.71. The molecule has 0 unspecified atom stereocenters. The van der Waals surface area contributed by atoms with Gasteiger partial charge >= 0.3 is 5.97 Å². The van der Waals surface area contributed by atoms with Crippen molar-refractivity contribution in [1.29, 1.82) is 0 Å². The zero-order valence-corrected chi connectivity index (χ0v) is 6.52. The van der Waals surface area contributed by atoms with Gasteiger partial charge in [0.2, 0.25) is 0 Å². The van der Waals surface area contributed by atoms with Crippen molar-refractivity contribution in [3.63, 3.8) is 0 Å². The Kier molecular flexibility index (Phi) is 1.39. The number of rotatable bonds is 1. The van der Waals surface area contributed by atoms with E-state index < -0.39 is 5.97 Å². The van der Waals surface area contributed by atoms with E-state index in [1.165, 1.54) is 0 Å². The van der Waals surface area contributed by atoms with Gasteiger partial charge in [-0.2, -0.15) is 0 Å². The topological polar surface area (TPSA) is 37.3 Å². The molecule has 1 aliphatic heterocycles. The van der Waals surface area contributed by atoms with Gasteiger partial charge in [0.25, 0.3) is 0 Å². The van der Waals surface area contributed by atoms with E-state index in [1.54, 1.807) is 17.8 Å². The van der Waals surface area contributed by atoms with Crippen LogP contribution in [0.5, 0.6) is 0 Å². The van der Waals surface area contributed by atoms with E-state index in [-0.39, 0.29) is 0 Å². The molecule has 0 saturated carbocycles. The molecule has 0 bridgehead atoms. The molecule has 1 aliphatic carbocycles. The van der Waals surface area contributed by atoms with Crippen LogP contribution in [-0.4, -0.2) is 16.8 Å². The third kappa shape index (κ3) is 0.922. The molecule has 2 rings (SSSR count). The van der Waals surface area contributed by atoms with Crippen molar-refractivity contribution in [3.05, 3.63) is 34.3 Å². The summed E-state index contributed by atoms with van der Waals surface area (Å²) in [4.78, 5) is 11.7. The van der Waals surface area contributed by atoms with E-state index in [0.29, 0.717) is 5.57 Å². The van der Waals surface area contributed by atoms with E-state index in [9.17, 15) is 4.79 Å². The monoisotopic (exact) mass is 166 g/mol. The van der Waals surface area contributed by atoms with E-state index in [4.69, 9.17) is 5.11 Å². The van der Waals surface area contributed by atoms with Crippen LogP contribution in [-0.2, 0) is 4.79 Å². The van der Waals surface area contributed by atoms with Gasteiger partial charge in [-0.25, -0.2) is 4.79 Å². The predicted octanol–water partition coefficient (Wildman–Crippen LogP) is 1.57. The van der Waals surface area contributed by atoms with Crippen LogP contribution in [0.25, 0.3) is 0 Å². The van der Waals surface area contributed by atoms with Crippen LogP contribution in [0.3, 0.4) is 0 Å². The van der Waals surface area contributed by atoms with Gasteiger partial charge in [-0.05, 0) is 17.7 Å². The highest BCUT2D eigenvalue weighted by molar-refractivity contribution is 8.03. The quantitative estimate of drug-likeness (QED) is 0.642. The molecule has 2 aliphatic rings. The molecule has 0 amide bonds. The highest BCUT2D eigenvalue weighted by Gasteiger charge is 2.23. The zero-order chi connectivity index (χ0) is 7.84. The molecule has 56 valence electrons. The Balaban J connectivity index is 2.38. The predicted molar refractivity (Wildman–Crippen MR) is 44.3 cm³/mol. The lowest BCUT2D eigenvalue weighted by molar-refractivity contribution is -0.132. The van der Waals surface area contributed by atoms with Gasteiger partial charge in [-0.15, -0.1) is 11.8 Å². The number of fused-ring (bicyclic) bond motifs is 1. The lowest BCUT2D eigenvalue weighted by Crippen LogP contribution is -1.99. The number of carboxylic acid groups (broad SMARTS) is 1. The van der Waals surface area contributed by atoms with E-state index >= 15 is 0 Å². The first-order chi connectivity index (χ1) is 5.29. The Morgan fingerprint density at radius 2 is 2.36 bits per heavy atom. The van der Waals surface area contributed by atoms with E-state index in [0.717, 1.165) is 16.2 Å². The van der Waals surface area contributed by atoms with Gasteiger partial charge in [-0.3, -0.25) is 0 Å². The molecular weight excluding hydrogens is 160 g/mol. The Hall–Kier alpha value is -0.960. The first-order valence-corrected chi connectivity index (χ1v) is 4.26. The molecule has 0 atom stereocenters. The molecule has 0 aromatic rings. The maximum absolute atomic E-state index is 10.6. The molecule has 0 aromatic heterocycles. The van der Waals surface area contributed by atoms with Crippen LogP contribution in [0.2, 0.25) is 0 Å². The Bertz CT molecular complexity index is 310. The van der Waals surface area contributed by atoms with Gasteiger partial charge in [0.15, 0.2) is 0 Å². The van der Waals surface area contributed by atoms with Crippen LogP contribution < -0.4 is 0 Å². The Morgan fingerprint density at radius 1 is 1.55 bits per heavy atom. The van der Waals surface area contributed by atoms with Crippen molar-refractivity contribution in [3.8, 4) is 0 Å². The second kappa shape index (κ2) is 2.27. The molecule has 0 radical (unpaired) electrons. The molecule has 11 heavy (non-hydrogen) atoms. The normalized spacial score (nSPS) is 20.5. The molecular formula is C8H6O2S. The van der Waals surface area contributed by atoms with Gasteiger partial charge in [0.1, 0.15) is 0 Å². The van der Waals surface area contributed by atoms with Gasteiger partial charge in [-0.1, -0.05) is 6.08 Å².